The second-order valence-electron chi connectivity index (χ2n) is 6.38. The largest absolute Gasteiger partial charge is 0.384 e. The van der Waals surface area contributed by atoms with Crippen LogP contribution in [-0.2, 0) is 0 Å². The molecule has 0 aliphatic heterocycles. The molecule has 0 fully saturated rings. The van der Waals surface area contributed by atoms with Crippen molar-refractivity contribution in [2.45, 2.75) is 19.4 Å². The van der Waals surface area contributed by atoms with E-state index in [1.807, 2.05) is 42.5 Å². The van der Waals surface area contributed by atoms with Crippen LogP contribution in [-0.4, -0.2) is 5.11 Å². The third kappa shape index (κ3) is 2.57. The second-order valence-corrected chi connectivity index (χ2v) is 6.38. The first-order valence-corrected chi connectivity index (χ1v) is 8.36. The third-order valence-corrected chi connectivity index (χ3v) is 4.75. The van der Waals surface area contributed by atoms with E-state index >= 15 is 0 Å². The number of aliphatic hydroxyl groups is 1. The highest BCUT2D eigenvalue weighted by Crippen LogP contribution is 2.38. The molecule has 0 amide bonds. The summed E-state index contributed by atoms with van der Waals surface area (Å²) < 4.78 is 0. The van der Waals surface area contributed by atoms with Gasteiger partial charge in [-0.3, -0.25) is 0 Å². The Bertz CT molecular complexity index is 948. The number of rotatable bonds is 3. The van der Waals surface area contributed by atoms with Crippen LogP contribution in [0.4, 0.5) is 0 Å². The van der Waals surface area contributed by atoms with Crippen LogP contribution in [0.3, 0.4) is 0 Å². The Morgan fingerprint density at radius 2 is 1.62 bits per heavy atom. The lowest BCUT2D eigenvalue weighted by molar-refractivity contribution is 0.221. The minimum atomic E-state index is -0.630. The maximum Gasteiger partial charge on any atom is 0.105 e. The van der Waals surface area contributed by atoms with Crippen LogP contribution in [0.2, 0.25) is 0 Å². The molecule has 1 nitrogen and oxygen atoms in total. The molecule has 3 aromatic carbocycles. The van der Waals surface area contributed by atoms with E-state index < -0.39 is 6.10 Å². The van der Waals surface area contributed by atoms with E-state index in [0.717, 1.165) is 33.9 Å². The summed E-state index contributed by atoms with van der Waals surface area (Å²) >= 11 is 0. The first kappa shape index (κ1) is 14.9. The van der Waals surface area contributed by atoms with Gasteiger partial charge < -0.3 is 5.11 Å². The topological polar surface area (TPSA) is 20.2 Å². The predicted octanol–water partition coefficient (Wildman–Crippen LogP) is 5.65. The highest BCUT2D eigenvalue weighted by molar-refractivity contribution is 5.92. The molecule has 1 atom stereocenters. The molecule has 1 heteroatoms. The highest BCUT2D eigenvalue weighted by atomic mass is 16.3. The Balaban J connectivity index is 1.95. The summed E-state index contributed by atoms with van der Waals surface area (Å²) in [5.74, 6) is 0. The number of hydrogen-bond donors (Lipinski definition) is 1. The first-order chi connectivity index (χ1) is 11.7. The Morgan fingerprint density at radius 1 is 0.875 bits per heavy atom. The zero-order valence-corrected chi connectivity index (χ0v) is 13.7. The molecule has 24 heavy (non-hydrogen) atoms. The number of fused-ring (bicyclic) bond motifs is 1. The lowest BCUT2D eigenvalue weighted by atomic mass is 9.88. The van der Waals surface area contributed by atoms with E-state index in [4.69, 9.17) is 0 Å². The summed E-state index contributed by atoms with van der Waals surface area (Å²) in [7, 11) is 0. The smallest absolute Gasteiger partial charge is 0.105 e. The van der Waals surface area contributed by atoms with Crippen molar-refractivity contribution in [3.8, 4) is 0 Å². The Morgan fingerprint density at radius 3 is 2.38 bits per heavy atom. The molecule has 0 heterocycles. The van der Waals surface area contributed by atoms with Crippen molar-refractivity contribution in [1.29, 1.82) is 0 Å². The van der Waals surface area contributed by atoms with Crippen LogP contribution in [0.15, 0.2) is 84.5 Å². The Hall–Kier alpha value is -2.64. The average Bonchev–Trinajstić information content (AvgIpc) is 3.07. The fraction of sp³-hybridized carbons (Fsp3) is 0.130. The van der Waals surface area contributed by atoms with Gasteiger partial charge in [-0.1, -0.05) is 84.5 Å². The first-order valence-electron chi connectivity index (χ1n) is 8.36. The maximum atomic E-state index is 11.2. The summed E-state index contributed by atoms with van der Waals surface area (Å²) in [6, 6.07) is 22.5. The van der Waals surface area contributed by atoms with Crippen molar-refractivity contribution in [1.82, 2.24) is 0 Å². The van der Waals surface area contributed by atoms with Gasteiger partial charge in [0.15, 0.2) is 0 Å². The summed E-state index contributed by atoms with van der Waals surface area (Å²) in [5.41, 5.74) is 5.66. The molecular formula is C23H20O. The van der Waals surface area contributed by atoms with Crippen LogP contribution in [0, 0.1) is 0 Å². The molecule has 1 aliphatic carbocycles. The fourth-order valence-electron chi connectivity index (χ4n) is 3.52. The van der Waals surface area contributed by atoms with Gasteiger partial charge in [0.1, 0.15) is 6.10 Å². The molecule has 3 aromatic rings. The van der Waals surface area contributed by atoms with Crippen molar-refractivity contribution >= 4 is 16.3 Å². The van der Waals surface area contributed by atoms with Gasteiger partial charge in [-0.05, 0) is 40.8 Å². The average molecular weight is 312 g/mol. The molecule has 1 aliphatic rings. The van der Waals surface area contributed by atoms with E-state index in [2.05, 4.69) is 43.3 Å². The Labute approximate surface area is 142 Å². The standard InChI is InChI=1S/C23H20O/c1-16-11-12-19(15-16)21-14-13-17-7-5-6-10-20(17)22(21)23(24)18-8-3-2-4-9-18/h2-11,13-15,23-24H,12H2,1H3. The second kappa shape index (κ2) is 6.10. The zero-order valence-electron chi connectivity index (χ0n) is 13.7. The van der Waals surface area contributed by atoms with E-state index in [1.165, 1.54) is 11.1 Å². The molecule has 0 bridgehead atoms. The number of benzene rings is 3. The predicted molar refractivity (Wildman–Crippen MR) is 101 cm³/mol. The lowest BCUT2D eigenvalue weighted by Gasteiger charge is -2.20. The van der Waals surface area contributed by atoms with Gasteiger partial charge in [0.25, 0.3) is 0 Å². The van der Waals surface area contributed by atoms with Crippen LogP contribution in [0.5, 0.6) is 0 Å². The zero-order chi connectivity index (χ0) is 16.5. The minimum Gasteiger partial charge on any atom is -0.384 e. The van der Waals surface area contributed by atoms with Gasteiger partial charge in [0, 0.05) is 5.56 Å². The summed E-state index contributed by atoms with van der Waals surface area (Å²) in [6.45, 7) is 2.13. The number of allylic oxidation sites excluding steroid dienone is 4. The maximum absolute atomic E-state index is 11.2. The molecule has 0 saturated carbocycles. The molecule has 4 rings (SSSR count). The molecule has 118 valence electrons. The molecule has 0 saturated heterocycles. The van der Waals surface area contributed by atoms with Crippen molar-refractivity contribution in [3.05, 3.63) is 101 Å². The van der Waals surface area contributed by atoms with Gasteiger partial charge >= 0.3 is 0 Å². The molecule has 0 radical (unpaired) electrons. The normalized spacial score (nSPS) is 15.2. The van der Waals surface area contributed by atoms with Crippen LogP contribution < -0.4 is 0 Å². The Kier molecular flexibility index (Phi) is 3.79. The summed E-state index contributed by atoms with van der Waals surface area (Å²) in [6.07, 6.45) is 4.77. The third-order valence-electron chi connectivity index (χ3n) is 4.75. The summed E-state index contributed by atoms with van der Waals surface area (Å²) in [4.78, 5) is 0. The SMILES string of the molecule is CC1=CCC(c2ccc3ccccc3c2C(O)c2ccccc2)=C1. The van der Waals surface area contributed by atoms with Gasteiger partial charge in [0.2, 0.25) is 0 Å². The molecule has 1 N–H and O–H groups in total. The highest BCUT2D eigenvalue weighted by Gasteiger charge is 2.20. The molecule has 0 aromatic heterocycles. The fourth-order valence-corrected chi connectivity index (χ4v) is 3.52. The van der Waals surface area contributed by atoms with Gasteiger partial charge in [0.05, 0.1) is 0 Å². The number of hydrogen-bond acceptors (Lipinski definition) is 1. The van der Waals surface area contributed by atoms with E-state index in [1.54, 1.807) is 0 Å². The van der Waals surface area contributed by atoms with Crippen molar-refractivity contribution < 1.29 is 5.11 Å². The van der Waals surface area contributed by atoms with Crippen molar-refractivity contribution in [3.63, 3.8) is 0 Å². The van der Waals surface area contributed by atoms with Crippen LogP contribution in [0.1, 0.15) is 36.1 Å². The van der Waals surface area contributed by atoms with Crippen LogP contribution >= 0.6 is 0 Å². The van der Waals surface area contributed by atoms with Crippen molar-refractivity contribution in [2.24, 2.45) is 0 Å². The lowest BCUT2D eigenvalue weighted by Crippen LogP contribution is -2.04. The molecular weight excluding hydrogens is 292 g/mol. The molecule has 1 unspecified atom stereocenters. The number of aliphatic hydroxyl groups excluding tert-OH is 1. The van der Waals surface area contributed by atoms with E-state index in [9.17, 15) is 5.11 Å². The summed E-state index contributed by atoms with van der Waals surface area (Å²) in [5, 5.41) is 13.4. The quantitative estimate of drug-likeness (QED) is 0.662. The van der Waals surface area contributed by atoms with Gasteiger partial charge in [-0.15, -0.1) is 0 Å². The van der Waals surface area contributed by atoms with Gasteiger partial charge in [-0.25, -0.2) is 0 Å². The molecule has 0 spiro atoms. The van der Waals surface area contributed by atoms with Crippen molar-refractivity contribution in [2.75, 3.05) is 0 Å². The van der Waals surface area contributed by atoms with Crippen LogP contribution in [0.25, 0.3) is 16.3 Å². The van der Waals surface area contributed by atoms with E-state index in [-0.39, 0.29) is 0 Å². The monoisotopic (exact) mass is 312 g/mol. The van der Waals surface area contributed by atoms with Gasteiger partial charge in [-0.2, -0.15) is 0 Å². The van der Waals surface area contributed by atoms with E-state index in [0.29, 0.717) is 0 Å². The minimum absolute atomic E-state index is 0.630.